The van der Waals surface area contributed by atoms with Gasteiger partial charge >= 0.3 is 0 Å². The van der Waals surface area contributed by atoms with Gasteiger partial charge in [-0.15, -0.1) is 6.42 Å². The van der Waals surface area contributed by atoms with Crippen LogP contribution in [0.1, 0.15) is 11.1 Å². The van der Waals surface area contributed by atoms with E-state index in [1.807, 2.05) is 0 Å². The molecule has 0 unspecified atom stereocenters. The molecule has 1 aliphatic rings. The Morgan fingerprint density at radius 3 is 2.66 bits per heavy atom. The number of nitrogens with zero attached hydrogens (tertiary/aromatic N) is 1. The van der Waals surface area contributed by atoms with Gasteiger partial charge in [-0.2, -0.15) is 0 Å². The van der Waals surface area contributed by atoms with E-state index in [2.05, 4.69) is 21.9 Å². The molecule has 1 saturated heterocycles. The van der Waals surface area contributed by atoms with Gasteiger partial charge in [0.2, 0.25) is 0 Å². The van der Waals surface area contributed by atoms with E-state index in [1.165, 1.54) is 31.4 Å². The number of hydrogen-bond donors (Lipinski definition) is 0. The smallest absolute Gasteiger partial charge is 0.293 e. The molecule has 2 amide bonds. The standard InChI is InChI=1S/C21H15BrFNO4S/c1-3-8-28-19-14(9-15(22)11-17(19)27-2)10-18-20(25)24(21(26)29-18)12-13-4-6-16(23)7-5-13/h1,4-7,9-11H,8,12H2,2H3/b18-10-. The molecule has 8 heteroatoms. The predicted molar refractivity (Wildman–Crippen MR) is 113 cm³/mol. The summed E-state index contributed by atoms with van der Waals surface area (Å²) >= 11 is 4.21. The fourth-order valence-corrected chi connectivity index (χ4v) is 3.95. The minimum absolute atomic E-state index is 0.0187. The number of methoxy groups -OCH3 is 1. The number of terminal acetylenes is 1. The van der Waals surface area contributed by atoms with Crippen molar-refractivity contribution < 1.29 is 23.5 Å². The van der Waals surface area contributed by atoms with Crippen LogP contribution in [0, 0.1) is 18.2 Å². The quantitative estimate of drug-likeness (QED) is 0.441. The Kier molecular flexibility index (Phi) is 6.62. The summed E-state index contributed by atoms with van der Waals surface area (Å²) in [5.41, 5.74) is 1.19. The molecule has 0 saturated carbocycles. The number of imide groups is 1. The Morgan fingerprint density at radius 1 is 1.28 bits per heavy atom. The summed E-state index contributed by atoms with van der Waals surface area (Å²) in [6.45, 7) is 0.0788. The highest BCUT2D eigenvalue weighted by Gasteiger charge is 2.35. The minimum Gasteiger partial charge on any atom is -0.493 e. The fraction of sp³-hybridized carbons (Fsp3) is 0.143. The van der Waals surface area contributed by atoms with E-state index in [9.17, 15) is 14.0 Å². The van der Waals surface area contributed by atoms with Crippen LogP contribution in [0.2, 0.25) is 0 Å². The molecule has 0 spiro atoms. The summed E-state index contributed by atoms with van der Waals surface area (Å²) in [5, 5.41) is -0.404. The van der Waals surface area contributed by atoms with Crippen molar-refractivity contribution in [3.05, 3.63) is 62.7 Å². The number of rotatable bonds is 6. The van der Waals surface area contributed by atoms with E-state index in [0.717, 1.165) is 16.7 Å². The molecule has 0 atom stereocenters. The Labute approximate surface area is 180 Å². The largest absolute Gasteiger partial charge is 0.493 e. The van der Waals surface area contributed by atoms with E-state index >= 15 is 0 Å². The van der Waals surface area contributed by atoms with Gasteiger partial charge in [-0.3, -0.25) is 14.5 Å². The first-order valence-electron chi connectivity index (χ1n) is 8.36. The third-order valence-electron chi connectivity index (χ3n) is 3.98. The van der Waals surface area contributed by atoms with Gasteiger partial charge in [0.25, 0.3) is 11.1 Å². The summed E-state index contributed by atoms with van der Waals surface area (Å²) in [5.74, 6) is 2.37. The number of hydrogen-bond acceptors (Lipinski definition) is 5. The van der Waals surface area contributed by atoms with Gasteiger partial charge in [0.1, 0.15) is 12.4 Å². The Hall–Kier alpha value is -2.76. The van der Waals surface area contributed by atoms with E-state index in [1.54, 1.807) is 18.2 Å². The molecule has 1 aliphatic heterocycles. The number of halogens is 2. The van der Waals surface area contributed by atoms with E-state index in [4.69, 9.17) is 15.9 Å². The normalized spacial score (nSPS) is 15.0. The average Bonchev–Trinajstić information content (AvgIpc) is 2.95. The van der Waals surface area contributed by atoms with Crippen molar-refractivity contribution in [1.29, 1.82) is 0 Å². The lowest BCUT2D eigenvalue weighted by atomic mass is 10.1. The summed E-state index contributed by atoms with van der Waals surface area (Å²) < 4.78 is 24.7. The Balaban J connectivity index is 1.92. The first-order valence-corrected chi connectivity index (χ1v) is 9.97. The third kappa shape index (κ3) is 4.81. The number of carbonyl (C=O) groups excluding carboxylic acids is 2. The number of ether oxygens (including phenoxy) is 2. The highest BCUT2D eigenvalue weighted by molar-refractivity contribution is 9.10. The molecule has 1 fully saturated rings. The van der Waals surface area contributed by atoms with Crippen LogP contribution in [0.4, 0.5) is 9.18 Å². The Morgan fingerprint density at radius 2 is 2.00 bits per heavy atom. The Bertz CT molecular complexity index is 1030. The van der Waals surface area contributed by atoms with Crippen LogP contribution in [0.5, 0.6) is 11.5 Å². The molecule has 3 rings (SSSR count). The first kappa shape index (κ1) is 21.0. The SMILES string of the molecule is C#CCOc1c(/C=C2\SC(=O)N(Cc3ccc(F)cc3)C2=O)cc(Br)cc1OC. The maximum atomic E-state index is 13.1. The number of amides is 2. The van der Waals surface area contributed by atoms with Gasteiger partial charge in [0.05, 0.1) is 18.6 Å². The van der Waals surface area contributed by atoms with Crippen LogP contribution in [-0.4, -0.2) is 29.8 Å². The summed E-state index contributed by atoms with van der Waals surface area (Å²) in [6, 6.07) is 9.09. The van der Waals surface area contributed by atoms with E-state index in [0.29, 0.717) is 27.1 Å². The molecule has 0 radical (unpaired) electrons. The monoisotopic (exact) mass is 475 g/mol. The number of benzene rings is 2. The summed E-state index contributed by atoms with van der Waals surface area (Å²) in [6.07, 6.45) is 6.84. The van der Waals surface area contributed by atoms with Crippen molar-refractivity contribution in [3.63, 3.8) is 0 Å². The molecular weight excluding hydrogens is 461 g/mol. The predicted octanol–water partition coefficient (Wildman–Crippen LogP) is 4.85. The fourth-order valence-electron chi connectivity index (χ4n) is 2.67. The van der Waals surface area contributed by atoms with Gasteiger partial charge in [0.15, 0.2) is 11.5 Å². The van der Waals surface area contributed by atoms with Gasteiger partial charge in [0, 0.05) is 10.0 Å². The zero-order valence-corrected chi connectivity index (χ0v) is 17.7. The maximum absolute atomic E-state index is 13.1. The zero-order valence-electron chi connectivity index (χ0n) is 15.3. The molecular formula is C21H15BrFNO4S. The number of thioether (sulfide) groups is 1. The number of carbonyl (C=O) groups is 2. The van der Waals surface area contributed by atoms with Crippen LogP contribution in [0.15, 0.2) is 45.8 Å². The molecule has 5 nitrogen and oxygen atoms in total. The summed E-state index contributed by atoms with van der Waals surface area (Å²) in [4.78, 5) is 26.5. The van der Waals surface area contributed by atoms with Gasteiger partial charge < -0.3 is 9.47 Å². The van der Waals surface area contributed by atoms with Crippen LogP contribution in [0.3, 0.4) is 0 Å². The van der Waals surface area contributed by atoms with Crippen LogP contribution >= 0.6 is 27.7 Å². The van der Waals surface area contributed by atoms with Crippen molar-refractivity contribution >= 4 is 44.9 Å². The van der Waals surface area contributed by atoms with Crippen molar-refractivity contribution in [2.45, 2.75) is 6.54 Å². The lowest BCUT2D eigenvalue weighted by molar-refractivity contribution is -0.123. The summed E-state index contributed by atoms with van der Waals surface area (Å²) in [7, 11) is 1.49. The van der Waals surface area contributed by atoms with Gasteiger partial charge in [-0.25, -0.2) is 4.39 Å². The minimum atomic E-state index is -0.439. The second kappa shape index (κ2) is 9.16. The zero-order chi connectivity index (χ0) is 21.0. The van der Waals surface area contributed by atoms with Crippen molar-refractivity contribution in [3.8, 4) is 23.8 Å². The molecule has 29 heavy (non-hydrogen) atoms. The molecule has 1 heterocycles. The average molecular weight is 476 g/mol. The van der Waals surface area contributed by atoms with Crippen LogP contribution in [0.25, 0.3) is 6.08 Å². The van der Waals surface area contributed by atoms with Crippen molar-refractivity contribution in [2.24, 2.45) is 0 Å². The molecule has 2 aromatic rings. The molecule has 0 aromatic heterocycles. The van der Waals surface area contributed by atoms with E-state index < -0.39 is 11.1 Å². The highest BCUT2D eigenvalue weighted by Crippen LogP contribution is 2.39. The van der Waals surface area contributed by atoms with E-state index in [-0.39, 0.29) is 23.9 Å². The van der Waals surface area contributed by atoms with Crippen molar-refractivity contribution in [1.82, 2.24) is 4.90 Å². The topological polar surface area (TPSA) is 55.8 Å². The second-order valence-electron chi connectivity index (χ2n) is 5.91. The van der Waals surface area contributed by atoms with Crippen molar-refractivity contribution in [2.75, 3.05) is 13.7 Å². The molecule has 0 aliphatic carbocycles. The van der Waals surface area contributed by atoms with Crippen LogP contribution in [-0.2, 0) is 11.3 Å². The lowest BCUT2D eigenvalue weighted by Crippen LogP contribution is -2.27. The molecule has 0 bridgehead atoms. The first-order chi connectivity index (χ1) is 13.9. The lowest BCUT2D eigenvalue weighted by Gasteiger charge is -2.13. The molecule has 148 valence electrons. The third-order valence-corrected chi connectivity index (χ3v) is 5.35. The van der Waals surface area contributed by atoms with Gasteiger partial charge in [-0.1, -0.05) is 34.0 Å². The van der Waals surface area contributed by atoms with Crippen LogP contribution < -0.4 is 9.47 Å². The maximum Gasteiger partial charge on any atom is 0.293 e. The van der Waals surface area contributed by atoms with Gasteiger partial charge in [-0.05, 0) is 47.7 Å². The highest BCUT2D eigenvalue weighted by atomic mass is 79.9. The second-order valence-corrected chi connectivity index (χ2v) is 7.82. The molecule has 2 aromatic carbocycles. The molecule has 0 N–H and O–H groups in total.